The summed E-state index contributed by atoms with van der Waals surface area (Å²) in [6.07, 6.45) is 6.39. The highest BCUT2D eigenvalue weighted by atomic mass is 79.9. The molecule has 0 spiro atoms. The van der Waals surface area contributed by atoms with Gasteiger partial charge in [0.05, 0.1) is 0 Å². The van der Waals surface area contributed by atoms with Gasteiger partial charge in [0, 0.05) is 21.7 Å². The Balaban J connectivity index is 1.83. The smallest absolute Gasteiger partial charge is 0.136 e. The third kappa shape index (κ3) is 2.91. The van der Waals surface area contributed by atoms with E-state index in [4.69, 9.17) is 0 Å². The van der Waals surface area contributed by atoms with E-state index in [9.17, 15) is 4.79 Å². The maximum absolute atomic E-state index is 11.8. The first kappa shape index (κ1) is 11.3. The Morgan fingerprint density at radius 2 is 2.20 bits per heavy atom. The summed E-state index contributed by atoms with van der Waals surface area (Å²) in [5.74, 6) is 0.858. The van der Waals surface area contributed by atoms with Gasteiger partial charge in [0.25, 0.3) is 0 Å². The van der Waals surface area contributed by atoms with Gasteiger partial charge in [-0.3, -0.25) is 4.79 Å². The van der Waals surface area contributed by atoms with Crippen LogP contribution in [-0.4, -0.2) is 5.78 Å². The maximum Gasteiger partial charge on any atom is 0.136 e. The van der Waals surface area contributed by atoms with E-state index in [2.05, 4.69) is 27.4 Å². The van der Waals surface area contributed by atoms with Gasteiger partial charge < -0.3 is 0 Å². The molecule has 3 heteroatoms. The van der Waals surface area contributed by atoms with Crippen LogP contribution in [0.25, 0.3) is 0 Å². The monoisotopic (exact) mass is 286 g/mol. The lowest BCUT2D eigenvalue weighted by Crippen LogP contribution is -2.11. The lowest BCUT2D eigenvalue weighted by atomic mass is 9.99. The quantitative estimate of drug-likeness (QED) is 0.811. The highest BCUT2D eigenvalue weighted by molar-refractivity contribution is 9.10. The molecule has 0 amide bonds. The molecular formula is C12H15BrOS. The lowest BCUT2D eigenvalue weighted by molar-refractivity contribution is -0.122. The molecule has 1 aromatic heterocycles. The number of hydrogen-bond donors (Lipinski definition) is 0. The number of carbonyl (C=O) groups is 1. The number of rotatable bonds is 4. The van der Waals surface area contributed by atoms with Crippen molar-refractivity contribution in [3.05, 3.63) is 20.8 Å². The molecule has 0 atom stereocenters. The Morgan fingerprint density at radius 1 is 1.47 bits per heavy atom. The van der Waals surface area contributed by atoms with Crippen molar-refractivity contribution < 1.29 is 4.79 Å². The number of thiophene rings is 1. The first-order valence-electron chi connectivity index (χ1n) is 5.52. The number of carbonyl (C=O) groups excluding carboxylic acids is 1. The molecular weight excluding hydrogens is 272 g/mol. The summed E-state index contributed by atoms with van der Waals surface area (Å²) < 4.78 is 1.16. The number of halogens is 1. The molecule has 82 valence electrons. The van der Waals surface area contributed by atoms with Crippen molar-refractivity contribution in [2.45, 2.75) is 38.5 Å². The first-order valence-corrected chi connectivity index (χ1v) is 7.19. The molecule has 2 rings (SSSR count). The van der Waals surface area contributed by atoms with Gasteiger partial charge in [0.1, 0.15) is 5.78 Å². The minimum atomic E-state index is 0.378. The minimum Gasteiger partial charge on any atom is -0.299 e. The van der Waals surface area contributed by atoms with Gasteiger partial charge in [0.2, 0.25) is 0 Å². The van der Waals surface area contributed by atoms with Crippen molar-refractivity contribution >= 4 is 33.0 Å². The summed E-state index contributed by atoms with van der Waals surface area (Å²) in [6, 6.07) is 2.06. The van der Waals surface area contributed by atoms with E-state index in [1.807, 2.05) is 0 Å². The maximum atomic E-state index is 11.8. The zero-order valence-electron chi connectivity index (χ0n) is 8.67. The normalized spacial score (nSPS) is 17.1. The summed E-state index contributed by atoms with van der Waals surface area (Å²) >= 11 is 5.23. The molecule has 0 bridgehead atoms. The third-order valence-electron chi connectivity index (χ3n) is 3.10. The van der Waals surface area contributed by atoms with Gasteiger partial charge in [-0.1, -0.05) is 12.8 Å². The van der Waals surface area contributed by atoms with Gasteiger partial charge in [-0.2, -0.15) is 0 Å². The second-order valence-corrected chi connectivity index (χ2v) is 5.99. The summed E-state index contributed by atoms with van der Waals surface area (Å²) in [7, 11) is 0. The lowest BCUT2D eigenvalue weighted by Gasteiger charge is -2.06. The minimum absolute atomic E-state index is 0.378. The van der Waals surface area contributed by atoms with Crippen molar-refractivity contribution in [3.8, 4) is 0 Å². The van der Waals surface area contributed by atoms with Crippen molar-refractivity contribution in [2.24, 2.45) is 5.92 Å². The van der Waals surface area contributed by atoms with Crippen LogP contribution in [-0.2, 0) is 11.2 Å². The zero-order valence-corrected chi connectivity index (χ0v) is 11.1. The molecule has 1 aliphatic rings. The Kier molecular flexibility index (Phi) is 3.98. The number of hydrogen-bond acceptors (Lipinski definition) is 2. The fourth-order valence-corrected chi connectivity index (χ4v) is 3.75. The van der Waals surface area contributed by atoms with Crippen molar-refractivity contribution in [1.82, 2.24) is 0 Å². The van der Waals surface area contributed by atoms with E-state index in [1.54, 1.807) is 11.3 Å². The zero-order chi connectivity index (χ0) is 10.7. The molecule has 0 aromatic carbocycles. The van der Waals surface area contributed by atoms with Crippen LogP contribution in [0.2, 0.25) is 0 Å². The number of ketones is 1. The van der Waals surface area contributed by atoms with Crippen LogP contribution in [0, 0.1) is 5.92 Å². The fraction of sp³-hybridized carbons (Fsp3) is 0.583. The van der Waals surface area contributed by atoms with Crippen molar-refractivity contribution in [3.63, 3.8) is 0 Å². The molecule has 15 heavy (non-hydrogen) atoms. The SMILES string of the molecule is O=C(CCc1sccc1Br)C1CCCC1. The average molecular weight is 287 g/mol. The van der Waals surface area contributed by atoms with Gasteiger partial charge in [-0.15, -0.1) is 11.3 Å². The molecule has 1 aliphatic carbocycles. The summed E-state index contributed by atoms with van der Waals surface area (Å²) in [6.45, 7) is 0. The molecule has 1 saturated carbocycles. The van der Waals surface area contributed by atoms with Crippen LogP contribution in [0.15, 0.2) is 15.9 Å². The number of aryl methyl sites for hydroxylation is 1. The molecule has 0 N–H and O–H groups in total. The molecule has 1 aromatic rings. The van der Waals surface area contributed by atoms with Crippen LogP contribution < -0.4 is 0 Å². The van der Waals surface area contributed by atoms with E-state index in [1.165, 1.54) is 17.7 Å². The highest BCUT2D eigenvalue weighted by Gasteiger charge is 2.22. The third-order valence-corrected chi connectivity index (χ3v) is 5.09. The molecule has 0 unspecified atom stereocenters. The van der Waals surface area contributed by atoms with Crippen LogP contribution in [0.4, 0.5) is 0 Å². The molecule has 0 aliphatic heterocycles. The van der Waals surface area contributed by atoms with Crippen molar-refractivity contribution in [2.75, 3.05) is 0 Å². The Labute approximate surface area is 103 Å². The second-order valence-electron chi connectivity index (χ2n) is 4.14. The van der Waals surface area contributed by atoms with Crippen molar-refractivity contribution in [1.29, 1.82) is 0 Å². The Bertz CT molecular complexity index is 339. The molecule has 1 heterocycles. The predicted molar refractivity (Wildman–Crippen MR) is 67.3 cm³/mol. The fourth-order valence-electron chi connectivity index (χ4n) is 2.19. The predicted octanol–water partition coefficient (Wildman–Crippen LogP) is 4.20. The largest absolute Gasteiger partial charge is 0.299 e. The van der Waals surface area contributed by atoms with Gasteiger partial charge >= 0.3 is 0 Å². The molecule has 1 fully saturated rings. The molecule has 0 saturated heterocycles. The summed E-state index contributed by atoms with van der Waals surface area (Å²) in [5, 5.41) is 2.07. The Morgan fingerprint density at radius 3 is 2.80 bits per heavy atom. The van der Waals surface area contributed by atoms with Crippen LogP contribution in [0.3, 0.4) is 0 Å². The summed E-state index contributed by atoms with van der Waals surface area (Å²) in [4.78, 5) is 13.1. The van der Waals surface area contributed by atoms with Crippen LogP contribution >= 0.6 is 27.3 Å². The average Bonchev–Trinajstić information content (AvgIpc) is 2.85. The summed E-state index contributed by atoms with van der Waals surface area (Å²) in [5.41, 5.74) is 0. The van der Waals surface area contributed by atoms with Gasteiger partial charge in [0.15, 0.2) is 0 Å². The topological polar surface area (TPSA) is 17.1 Å². The van der Waals surface area contributed by atoms with E-state index in [0.29, 0.717) is 11.7 Å². The second kappa shape index (κ2) is 5.26. The van der Waals surface area contributed by atoms with Gasteiger partial charge in [-0.05, 0) is 46.6 Å². The van der Waals surface area contributed by atoms with Gasteiger partial charge in [-0.25, -0.2) is 0 Å². The van der Waals surface area contributed by atoms with E-state index in [-0.39, 0.29) is 0 Å². The van der Waals surface area contributed by atoms with E-state index >= 15 is 0 Å². The van der Waals surface area contributed by atoms with E-state index < -0.39 is 0 Å². The van der Waals surface area contributed by atoms with E-state index in [0.717, 1.165) is 30.2 Å². The standard InChI is InChI=1S/C12H15BrOS/c13-10-7-8-15-12(10)6-5-11(14)9-3-1-2-4-9/h7-9H,1-6H2. The molecule has 0 radical (unpaired) electrons. The van der Waals surface area contributed by atoms with Crippen LogP contribution in [0.5, 0.6) is 0 Å². The number of Topliss-reactive ketones (excluding diaryl/α,β-unsaturated/α-hetero) is 1. The highest BCUT2D eigenvalue weighted by Crippen LogP contribution is 2.28. The van der Waals surface area contributed by atoms with Crippen LogP contribution in [0.1, 0.15) is 37.0 Å². The Hall–Kier alpha value is -0.150. The molecule has 1 nitrogen and oxygen atoms in total. The first-order chi connectivity index (χ1) is 7.27.